The van der Waals surface area contributed by atoms with E-state index in [1.165, 1.54) is 6.42 Å². The number of carbonyl (C=O) groups excluding carboxylic acids is 1. The van der Waals surface area contributed by atoms with Crippen LogP contribution >= 0.6 is 12.4 Å². The molecule has 2 rings (SSSR count). The van der Waals surface area contributed by atoms with Crippen molar-refractivity contribution < 1.29 is 4.79 Å². The van der Waals surface area contributed by atoms with Gasteiger partial charge in [0.15, 0.2) is 0 Å². The number of hydrogen-bond donors (Lipinski definition) is 2. The van der Waals surface area contributed by atoms with Crippen molar-refractivity contribution in [1.29, 1.82) is 0 Å². The summed E-state index contributed by atoms with van der Waals surface area (Å²) in [5.41, 5.74) is 0. The van der Waals surface area contributed by atoms with Crippen LogP contribution in [0, 0.1) is 11.8 Å². The number of piperidine rings is 1. The normalized spacial score (nSPS) is 28.9. The highest BCUT2D eigenvalue weighted by Crippen LogP contribution is 2.27. The maximum absolute atomic E-state index is 11.9. The number of nitrogens with zero attached hydrogens (tertiary/aromatic N) is 1. The van der Waals surface area contributed by atoms with Gasteiger partial charge in [0.2, 0.25) is 5.91 Å². The quantitative estimate of drug-likeness (QED) is 0.739. The third-order valence-electron chi connectivity index (χ3n) is 4.08. The Hall–Kier alpha value is -0.580. The van der Waals surface area contributed by atoms with Gasteiger partial charge in [0, 0.05) is 13.1 Å². The molecule has 5 heteroatoms. The van der Waals surface area contributed by atoms with Crippen LogP contribution in [0.25, 0.3) is 0 Å². The van der Waals surface area contributed by atoms with Gasteiger partial charge < -0.3 is 10.6 Å². The minimum Gasteiger partial charge on any atom is -0.351 e. The molecule has 0 aromatic carbocycles. The monoisotopic (exact) mass is 273 g/mol. The second-order valence-corrected chi connectivity index (χ2v) is 5.17. The lowest BCUT2D eigenvalue weighted by molar-refractivity contribution is -0.126. The third kappa shape index (κ3) is 3.46. The molecule has 2 aliphatic heterocycles. The molecule has 2 N–H and O–H groups in total. The zero-order valence-electron chi connectivity index (χ0n) is 11.0. The molecule has 2 heterocycles. The van der Waals surface area contributed by atoms with Crippen molar-refractivity contribution in [3.8, 4) is 0 Å². The predicted octanol–water partition coefficient (Wildman–Crippen LogP) is 0.640. The minimum absolute atomic E-state index is 0. The lowest BCUT2D eigenvalue weighted by atomic mass is 9.88. The van der Waals surface area contributed by atoms with Gasteiger partial charge in [-0.2, -0.15) is 0 Å². The van der Waals surface area contributed by atoms with Crippen molar-refractivity contribution in [2.75, 3.05) is 32.7 Å². The molecular weight excluding hydrogens is 250 g/mol. The number of halogens is 1. The standard InChI is InChI=1S/C13H23N3O.ClH/c1-3-5-15-13(17)10(2)16-6-4-11-7-14-8-12(11)9-16;/h3,10-12,14H,1,4-9H2,2H3,(H,15,17);1H. The fourth-order valence-corrected chi connectivity index (χ4v) is 2.90. The highest BCUT2D eigenvalue weighted by molar-refractivity contribution is 5.85. The van der Waals surface area contributed by atoms with Crippen molar-refractivity contribution in [3.63, 3.8) is 0 Å². The molecule has 104 valence electrons. The van der Waals surface area contributed by atoms with Crippen molar-refractivity contribution in [1.82, 2.24) is 15.5 Å². The van der Waals surface area contributed by atoms with Crippen LogP contribution in [0.1, 0.15) is 13.3 Å². The molecule has 18 heavy (non-hydrogen) atoms. The number of nitrogens with one attached hydrogen (secondary N) is 2. The van der Waals surface area contributed by atoms with Gasteiger partial charge in [0.05, 0.1) is 6.04 Å². The molecule has 0 aliphatic carbocycles. The zero-order chi connectivity index (χ0) is 12.3. The Labute approximate surface area is 116 Å². The topological polar surface area (TPSA) is 44.4 Å². The van der Waals surface area contributed by atoms with E-state index in [1.807, 2.05) is 6.92 Å². The van der Waals surface area contributed by atoms with Gasteiger partial charge in [-0.3, -0.25) is 9.69 Å². The fraction of sp³-hybridized carbons (Fsp3) is 0.769. The van der Waals surface area contributed by atoms with Crippen LogP contribution in [-0.2, 0) is 4.79 Å². The molecule has 2 aliphatic rings. The summed E-state index contributed by atoms with van der Waals surface area (Å²) in [7, 11) is 0. The first-order valence-electron chi connectivity index (χ1n) is 6.55. The van der Waals surface area contributed by atoms with E-state index in [1.54, 1.807) is 6.08 Å². The number of fused-ring (bicyclic) bond motifs is 1. The lowest BCUT2D eigenvalue weighted by Crippen LogP contribution is -2.50. The number of hydrogen-bond acceptors (Lipinski definition) is 3. The summed E-state index contributed by atoms with van der Waals surface area (Å²) >= 11 is 0. The highest BCUT2D eigenvalue weighted by Gasteiger charge is 2.35. The Bertz CT molecular complexity index is 298. The van der Waals surface area contributed by atoms with Crippen molar-refractivity contribution in [2.24, 2.45) is 11.8 Å². The Balaban J connectivity index is 0.00000162. The number of rotatable bonds is 4. The number of carbonyl (C=O) groups is 1. The number of likely N-dealkylation sites (tertiary alicyclic amines) is 1. The van der Waals surface area contributed by atoms with Crippen LogP contribution in [0.2, 0.25) is 0 Å². The highest BCUT2D eigenvalue weighted by atomic mass is 35.5. The van der Waals surface area contributed by atoms with E-state index in [0.29, 0.717) is 6.54 Å². The second-order valence-electron chi connectivity index (χ2n) is 5.17. The summed E-state index contributed by atoms with van der Waals surface area (Å²) in [4.78, 5) is 14.2. The predicted molar refractivity (Wildman–Crippen MR) is 76.0 cm³/mol. The van der Waals surface area contributed by atoms with Gasteiger partial charge in [0.25, 0.3) is 0 Å². The molecule has 0 radical (unpaired) electrons. The van der Waals surface area contributed by atoms with Crippen LogP contribution in [0.4, 0.5) is 0 Å². The Morgan fingerprint density at radius 2 is 2.28 bits per heavy atom. The summed E-state index contributed by atoms with van der Waals surface area (Å²) in [6.45, 7) is 10.6. The van der Waals surface area contributed by atoms with Crippen molar-refractivity contribution in [3.05, 3.63) is 12.7 Å². The lowest BCUT2D eigenvalue weighted by Gasteiger charge is -2.37. The zero-order valence-corrected chi connectivity index (χ0v) is 11.8. The summed E-state index contributed by atoms with van der Waals surface area (Å²) in [5, 5.41) is 6.32. The maximum atomic E-state index is 11.9. The largest absolute Gasteiger partial charge is 0.351 e. The molecule has 0 spiro atoms. The van der Waals surface area contributed by atoms with E-state index in [0.717, 1.165) is 38.0 Å². The van der Waals surface area contributed by atoms with Crippen LogP contribution in [0.3, 0.4) is 0 Å². The Kier molecular flexibility index (Phi) is 6.12. The van der Waals surface area contributed by atoms with Gasteiger partial charge in [0.1, 0.15) is 0 Å². The molecule has 3 unspecified atom stereocenters. The van der Waals surface area contributed by atoms with Gasteiger partial charge in [-0.1, -0.05) is 6.08 Å². The van der Waals surface area contributed by atoms with Gasteiger partial charge >= 0.3 is 0 Å². The Morgan fingerprint density at radius 3 is 3.00 bits per heavy atom. The smallest absolute Gasteiger partial charge is 0.237 e. The maximum Gasteiger partial charge on any atom is 0.237 e. The first-order chi connectivity index (χ1) is 8.22. The van der Waals surface area contributed by atoms with E-state index in [9.17, 15) is 4.79 Å². The SMILES string of the molecule is C=CCNC(=O)C(C)N1CCC2CNCC2C1.Cl. The van der Waals surface area contributed by atoms with Gasteiger partial charge in [-0.15, -0.1) is 19.0 Å². The molecule has 0 saturated carbocycles. The minimum atomic E-state index is -0.0171. The second kappa shape index (κ2) is 7.12. The molecule has 2 saturated heterocycles. The van der Waals surface area contributed by atoms with Gasteiger partial charge in [-0.05, 0) is 44.8 Å². The molecule has 4 nitrogen and oxygen atoms in total. The average molecular weight is 274 g/mol. The van der Waals surface area contributed by atoms with Crippen molar-refractivity contribution in [2.45, 2.75) is 19.4 Å². The summed E-state index contributed by atoms with van der Waals surface area (Å²) in [6.07, 6.45) is 2.94. The summed E-state index contributed by atoms with van der Waals surface area (Å²) < 4.78 is 0. The van der Waals surface area contributed by atoms with Crippen LogP contribution < -0.4 is 10.6 Å². The van der Waals surface area contributed by atoms with Crippen molar-refractivity contribution >= 4 is 18.3 Å². The fourth-order valence-electron chi connectivity index (χ4n) is 2.90. The Morgan fingerprint density at radius 1 is 1.56 bits per heavy atom. The summed E-state index contributed by atoms with van der Waals surface area (Å²) in [6, 6.07) is -0.0171. The van der Waals surface area contributed by atoms with E-state index < -0.39 is 0 Å². The van der Waals surface area contributed by atoms with Crippen LogP contribution in [0.15, 0.2) is 12.7 Å². The average Bonchev–Trinajstić information content (AvgIpc) is 2.81. The van der Waals surface area contributed by atoms with E-state index in [4.69, 9.17) is 0 Å². The molecular formula is C13H24ClN3O. The molecule has 0 aromatic rings. The first-order valence-corrected chi connectivity index (χ1v) is 6.55. The van der Waals surface area contributed by atoms with E-state index in [-0.39, 0.29) is 24.4 Å². The van der Waals surface area contributed by atoms with Crippen LogP contribution in [0.5, 0.6) is 0 Å². The molecule has 0 aromatic heterocycles. The molecule has 2 fully saturated rings. The number of amides is 1. The van der Waals surface area contributed by atoms with E-state index in [2.05, 4.69) is 22.1 Å². The molecule has 3 atom stereocenters. The third-order valence-corrected chi connectivity index (χ3v) is 4.08. The van der Waals surface area contributed by atoms with E-state index >= 15 is 0 Å². The molecule has 1 amide bonds. The first kappa shape index (κ1) is 15.5. The summed E-state index contributed by atoms with van der Waals surface area (Å²) in [5.74, 6) is 1.68. The van der Waals surface area contributed by atoms with Crippen LogP contribution in [-0.4, -0.2) is 49.6 Å². The van der Waals surface area contributed by atoms with Gasteiger partial charge in [-0.25, -0.2) is 0 Å². The molecule has 0 bridgehead atoms.